The Balaban J connectivity index is 2.20. The molecule has 1 atom stereocenters. The quantitative estimate of drug-likeness (QED) is 0.526. The van der Waals surface area contributed by atoms with Crippen LogP contribution in [0.2, 0.25) is 0 Å². The second-order valence-electron chi connectivity index (χ2n) is 6.40. The van der Waals surface area contributed by atoms with Gasteiger partial charge in [0, 0.05) is 19.6 Å². The van der Waals surface area contributed by atoms with Gasteiger partial charge in [-0.25, -0.2) is 0 Å². The van der Waals surface area contributed by atoms with Gasteiger partial charge in [0.15, 0.2) is 6.10 Å². The number of halogens is 3. The second kappa shape index (κ2) is 10.8. The molecule has 0 aliphatic carbocycles. The summed E-state index contributed by atoms with van der Waals surface area (Å²) in [6.07, 6.45) is -6.33. The summed E-state index contributed by atoms with van der Waals surface area (Å²) >= 11 is 0. The molecule has 0 N–H and O–H groups in total. The van der Waals surface area contributed by atoms with Crippen molar-refractivity contribution in [2.45, 2.75) is 25.4 Å². The van der Waals surface area contributed by atoms with Gasteiger partial charge < -0.3 is 19.0 Å². The molecule has 0 aliphatic heterocycles. The summed E-state index contributed by atoms with van der Waals surface area (Å²) in [4.78, 5) is 12.1. The molecule has 0 aromatic heterocycles. The molecule has 0 saturated carbocycles. The molecule has 0 spiro atoms. The maximum atomic E-state index is 13.4. The van der Waals surface area contributed by atoms with Crippen molar-refractivity contribution >= 4 is 6.29 Å². The first-order chi connectivity index (χ1) is 13.9. The molecule has 0 bridgehead atoms. The Morgan fingerprint density at radius 2 is 1.34 bits per heavy atom. The fourth-order valence-corrected chi connectivity index (χ4v) is 2.80. The van der Waals surface area contributed by atoms with Gasteiger partial charge in [0.2, 0.25) is 0 Å². The van der Waals surface area contributed by atoms with Gasteiger partial charge in [0.1, 0.15) is 24.4 Å². The van der Waals surface area contributed by atoms with E-state index in [4.69, 9.17) is 14.2 Å². The number of nitrogens with zero attached hydrogens (tertiary/aromatic N) is 1. The molecule has 0 radical (unpaired) electrons. The van der Waals surface area contributed by atoms with E-state index in [1.807, 2.05) is 0 Å². The molecular weight excluding hydrogens is 387 g/mol. The van der Waals surface area contributed by atoms with Crippen molar-refractivity contribution in [1.29, 1.82) is 0 Å². The lowest BCUT2D eigenvalue weighted by molar-refractivity contribution is -0.223. The predicted molar refractivity (Wildman–Crippen MR) is 102 cm³/mol. The number of rotatable bonds is 11. The van der Waals surface area contributed by atoms with Gasteiger partial charge in [-0.05, 0) is 35.4 Å². The highest BCUT2D eigenvalue weighted by atomic mass is 19.4. The Morgan fingerprint density at radius 3 is 1.69 bits per heavy atom. The van der Waals surface area contributed by atoms with Gasteiger partial charge in [-0.1, -0.05) is 24.3 Å². The summed E-state index contributed by atoms with van der Waals surface area (Å²) in [6.45, 7) is -0.474. The monoisotopic (exact) mass is 411 g/mol. The number of aldehydes is 1. The second-order valence-corrected chi connectivity index (χ2v) is 6.40. The summed E-state index contributed by atoms with van der Waals surface area (Å²) in [5, 5.41) is 0. The van der Waals surface area contributed by atoms with Crippen molar-refractivity contribution < 1.29 is 32.2 Å². The highest BCUT2D eigenvalue weighted by Crippen LogP contribution is 2.25. The Labute approximate surface area is 168 Å². The lowest BCUT2D eigenvalue weighted by Crippen LogP contribution is -2.42. The van der Waals surface area contributed by atoms with E-state index >= 15 is 0 Å². The zero-order valence-electron chi connectivity index (χ0n) is 16.3. The van der Waals surface area contributed by atoms with E-state index in [0.717, 1.165) is 11.1 Å². The average Bonchev–Trinajstić information content (AvgIpc) is 2.71. The molecule has 2 aromatic rings. The minimum absolute atomic E-state index is 0.271. The van der Waals surface area contributed by atoms with Gasteiger partial charge in [0.25, 0.3) is 0 Å². The van der Waals surface area contributed by atoms with Crippen molar-refractivity contribution in [2.24, 2.45) is 0 Å². The molecule has 1 unspecified atom stereocenters. The molecule has 8 heteroatoms. The Kier molecular flexibility index (Phi) is 8.48. The third-order valence-corrected chi connectivity index (χ3v) is 4.29. The highest BCUT2D eigenvalue weighted by Gasteiger charge is 2.41. The zero-order valence-corrected chi connectivity index (χ0v) is 16.3. The van der Waals surface area contributed by atoms with Gasteiger partial charge in [0.05, 0.1) is 14.2 Å². The maximum Gasteiger partial charge on any atom is 0.415 e. The standard InChI is InChI=1S/C21H24F3NO4/c1-27-18-7-3-16(4-8-18)13-25(14-17-5-9-19(28-2)10-6-17)15-20(21(22,23)24)29-12-11-26/h3-11,20H,12-15H2,1-2H3. The van der Waals surface area contributed by atoms with E-state index in [0.29, 0.717) is 17.8 Å². The summed E-state index contributed by atoms with van der Waals surface area (Å²) in [6, 6.07) is 14.2. The molecule has 158 valence electrons. The lowest BCUT2D eigenvalue weighted by atomic mass is 10.1. The summed E-state index contributed by atoms with van der Waals surface area (Å²) in [5.74, 6) is 1.33. The molecule has 2 aromatic carbocycles. The van der Waals surface area contributed by atoms with Crippen molar-refractivity contribution in [1.82, 2.24) is 4.90 Å². The van der Waals surface area contributed by atoms with E-state index in [-0.39, 0.29) is 13.1 Å². The molecular formula is C21H24F3NO4. The number of methoxy groups -OCH3 is 2. The van der Waals surface area contributed by atoms with Crippen molar-refractivity contribution in [2.75, 3.05) is 27.4 Å². The maximum absolute atomic E-state index is 13.4. The molecule has 0 aliphatic rings. The fourth-order valence-electron chi connectivity index (χ4n) is 2.80. The van der Waals surface area contributed by atoms with Crippen LogP contribution in [0.1, 0.15) is 11.1 Å². The van der Waals surface area contributed by atoms with Crippen LogP contribution in [0.3, 0.4) is 0 Å². The van der Waals surface area contributed by atoms with Crippen LogP contribution >= 0.6 is 0 Å². The van der Waals surface area contributed by atoms with Crippen LogP contribution < -0.4 is 9.47 Å². The molecule has 0 amide bonds. The normalized spacial score (nSPS) is 12.6. The molecule has 0 heterocycles. The fraction of sp³-hybridized carbons (Fsp3) is 0.381. The number of benzene rings is 2. The Bertz CT molecular complexity index is 699. The Morgan fingerprint density at radius 1 is 0.897 bits per heavy atom. The number of hydrogen-bond donors (Lipinski definition) is 0. The molecule has 0 saturated heterocycles. The molecule has 2 rings (SSSR count). The summed E-state index contributed by atoms with van der Waals surface area (Å²) in [7, 11) is 3.09. The first kappa shape index (κ1) is 22.7. The van der Waals surface area contributed by atoms with Crippen LogP contribution in [0.15, 0.2) is 48.5 Å². The topological polar surface area (TPSA) is 48.0 Å². The van der Waals surface area contributed by atoms with Crippen LogP contribution in [-0.2, 0) is 22.6 Å². The van der Waals surface area contributed by atoms with E-state index in [9.17, 15) is 18.0 Å². The smallest absolute Gasteiger partial charge is 0.415 e. The van der Waals surface area contributed by atoms with Crippen LogP contribution in [0.5, 0.6) is 11.5 Å². The first-order valence-corrected chi connectivity index (χ1v) is 8.96. The van der Waals surface area contributed by atoms with E-state index < -0.39 is 25.4 Å². The van der Waals surface area contributed by atoms with Crippen molar-refractivity contribution in [3.8, 4) is 11.5 Å². The van der Waals surface area contributed by atoms with Crippen molar-refractivity contribution in [3.05, 3.63) is 59.7 Å². The van der Waals surface area contributed by atoms with Crippen LogP contribution in [0, 0.1) is 0 Å². The first-order valence-electron chi connectivity index (χ1n) is 8.96. The molecule has 0 fully saturated rings. The Hall–Kier alpha value is -2.58. The third kappa shape index (κ3) is 7.40. The molecule has 29 heavy (non-hydrogen) atoms. The molecule has 5 nitrogen and oxygen atoms in total. The highest BCUT2D eigenvalue weighted by molar-refractivity contribution is 5.50. The number of carbonyl (C=O) groups excluding carboxylic acids is 1. The van der Waals surface area contributed by atoms with Crippen LogP contribution in [-0.4, -0.2) is 50.8 Å². The van der Waals surface area contributed by atoms with Crippen LogP contribution in [0.4, 0.5) is 13.2 Å². The van der Waals surface area contributed by atoms with E-state index in [2.05, 4.69) is 0 Å². The van der Waals surface area contributed by atoms with Gasteiger partial charge in [-0.2, -0.15) is 13.2 Å². The van der Waals surface area contributed by atoms with Gasteiger partial charge in [-0.15, -0.1) is 0 Å². The van der Waals surface area contributed by atoms with Gasteiger partial charge in [-0.3, -0.25) is 4.90 Å². The minimum atomic E-state index is -4.58. The van der Waals surface area contributed by atoms with E-state index in [1.165, 1.54) is 0 Å². The van der Waals surface area contributed by atoms with Crippen molar-refractivity contribution in [3.63, 3.8) is 0 Å². The van der Waals surface area contributed by atoms with Gasteiger partial charge >= 0.3 is 6.18 Å². The lowest BCUT2D eigenvalue weighted by Gasteiger charge is -2.29. The third-order valence-electron chi connectivity index (χ3n) is 4.29. The van der Waals surface area contributed by atoms with Crippen LogP contribution in [0.25, 0.3) is 0 Å². The number of ether oxygens (including phenoxy) is 3. The average molecular weight is 411 g/mol. The van der Waals surface area contributed by atoms with E-state index in [1.54, 1.807) is 67.7 Å². The number of alkyl halides is 3. The SMILES string of the molecule is COc1ccc(CN(Cc2ccc(OC)cc2)CC(OCC=O)C(F)(F)F)cc1. The number of hydrogen-bond acceptors (Lipinski definition) is 5. The predicted octanol–water partition coefficient (Wildman–Crippen LogP) is 3.85. The summed E-state index contributed by atoms with van der Waals surface area (Å²) < 4.78 is 55.1. The minimum Gasteiger partial charge on any atom is -0.497 e. The largest absolute Gasteiger partial charge is 0.497 e. The summed E-state index contributed by atoms with van der Waals surface area (Å²) in [5.41, 5.74) is 1.66. The zero-order chi connectivity index (χ0) is 21.3. The number of carbonyl (C=O) groups is 1.